The Labute approximate surface area is 183 Å². The Morgan fingerprint density at radius 3 is 2.84 bits per heavy atom. The van der Waals surface area contributed by atoms with Crippen LogP contribution in [-0.2, 0) is 20.9 Å². The van der Waals surface area contributed by atoms with Crippen LogP contribution in [-0.4, -0.2) is 71.6 Å². The van der Waals surface area contributed by atoms with Gasteiger partial charge in [-0.3, -0.25) is 4.79 Å². The van der Waals surface area contributed by atoms with E-state index in [4.69, 9.17) is 9.47 Å². The Morgan fingerprint density at radius 1 is 1.23 bits per heavy atom. The minimum absolute atomic E-state index is 0.000693. The van der Waals surface area contributed by atoms with Gasteiger partial charge in [0, 0.05) is 36.4 Å². The molecule has 7 nitrogen and oxygen atoms in total. The van der Waals surface area contributed by atoms with Gasteiger partial charge in [-0.15, -0.1) is 11.3 Å². The van der Waals surface area contributed by atoms with E-state index in [1.54, 1.807) is 17.0 Å². The quantitative estimate of drug-likeness (QED) is 0.724. The van der Waals surface area contributed by atoms with E-state index in [2.05, 4.69) is 4.98 Å². The molecule has 2 aromatic rings. The first kappa shape index (κ1) is 20.5. The molecule has 4 heterocycles. The highest BCUT2D eigenvalue weighted by molar-refractivity contribution is 7.09. The summed E-state index contributed by atoms with van der Waals surface area (Å²) < 4.78 is 24.6. The zero-order valence-electron chi connectivity index (χ0n) is 17.0. The number of ketones is 1. The molecule has 3 saturated heterocycles. The number of rotatable bonds is 4. The minimum atomic E-state index is -0.267. The van der Waals surface area contributed by atoms with Crippen LogP contribution >= 0.6 is 11.3 Å². The molecule has 0 spiro atoms. The van der Waals surface area contributed by atoms with Gasteiger partial charge in [0.25, 0.3) is 0 Å². The molecule has 0 saturated carbocycles. The van der Waals surface area contributed by atoms with E-state index in [-0.39, 0.29) is 42.4 Å². The summed E-state index contributed by atoms with van der Waals surface area (Å²) in [6.45, 7) is 2.99. The van der Waals surface area contributed by atoms with Crippen molar-refractivity contribution in [3.05, 3.63) is 40.5 Å². The lowest BCUT2D eigenvalue weighted by Gasteiger charge is -2.45. The summed E-state index contributed by atoms with van der Waals surface area (Å²) in [4.78, 5) is 32.6. The number of urea groups is 1. The monoisotopic (exact) mass is 445 g/mol. The van der Waals surface area contributed by atoms with Crippen LogP contribution in [0.3, 0.4) is 0 Å². The van der Waals surface area contributed by atoms with Crippen molar-refractivity contribution in [1.82, 2.24) is 14.8 Å². The first-order chi connectivity index (χ1) is 15.0. The van der Waals surface area contributed by atoms with Gasteiger partial charge in [-0.1, -0.05) is 0 Å². The lowest BCUT2D eigenvalue weighted by Crippen LogP contribution is -2.61. The van der Waals surface area contributed by atoms with Gasteiger partial charge < -0.3 is 19.3 Å². The Morgan fingerprint density at radius 2 is 2.03 bits per heavy atom. The molecular weight excluding hydrogens is 421 g/mol. The molecular formula is C22H24FN3O4S. The minimum Gasteiger partial charge on any atom is -0.370 e. The van der Waals surface area contributed by atoms with Crippen molar-refractivity contribution < 1.29 is 23.5 Å². The molecule has 0 unspecified atom stereocenters. The smallest absolute Gasteiger partial charge is 0.320 e. The fourth-order valence-electron chi connectivity index (χ4n) is 4.37. The summed E-state index contributed by atoms with van der Waals surface area (Å²) in [7, 11) is 0. The van der Waals surface area contributed by atoms with Gasteiger partial charge in [-0.05, 0) is 30.7 Å². The van der Waals surface area contributed by atoms with Crippen LogP contribution in [0.5, 0.6) is 0 Å². The highest BCUT2D eigenvalue weighted by Crippen LogP contribution is 2.29. The van der Waals surface area contributed by atoms with E-state index >= 15 is 0 Å². The number of benzene rings is 1. The van der Waals surface area contributed by atoms with Gasteiger partial charge >= 0.3 is 6.03 Å². The summed E-state index contributed by atoms with van der Waals surface area (Å²) in [6, 6.07) is 6.29. The number of carbonyl (C=O) groups excluding carboxylic acids is 2. The molecule has 164 valence electrons. The Hall–Kier alpha value is -2.36. The van der Waals surface area contributed by atoms with Gasteiger partial charge in [-0.2, -0.15) is 0 Å². The van der Waals surface area contributed by atoms with Crippen molar-refractivity contribution in [2.24, 2.45) is 5.92 Å². The zero-order chi connectivity index (χ0) is 21.4. The second kappa shape index (κ2) is 8.64. The standard InChI is InChI=1S/C22H24FN3O4S/c23-16-3-1-14(2-4-16)19-13-31-21(24-19)12-29-18-9-26(10-18)22(28)25-6-5-20-15(8-25)7-17(27)11-30-20/h1-4,13,15,18,20H,5-12H2/t15-,20+/m1/s1. The van der Waals surface area contributed by atoms with Crippen molar-refractivity contribution in [2.75, 3.05) is 32.8 Å². The van der Waals surface area contributed by atoms with Crippen LogP contribution in [0.15, 0.2) is 29.6 Å². The lowest BCUT2D eigenvalue weighted by molar-refractivity contribution is -0.140. The van der Waals surface area contributed by atoms with Crippen molar-refractivity contribution in [1.29, 1.82) is 0 Å². The van der Waals surface area contributed by atoms with E-state index in [1.165, 1.54) is 23.5 Å². The van der Waals surface area contributed by atoms with E-state index in [1.807, 2.05) is 10.3 Å². The molecule has 1 aromatic carbocycles. The van der Waals surface area contributed by atoms with Gasteiger partial charge in [0.15, 0.2) is 5.78 Å². The number of nitrogens with zero attached hydrogens (tertiary/aromatic N) is 3. The summed E-state index contributed by atoms with van der Waals surface area (Å²) in [5.41, 5.74) is 1.68. The fourth-order valence-corrected chi connectivity index (χ4v) is 5.09. The van der Waals surface area contributed by atoms with Crippen molar-refractivity contribution in [3.8, 4) is 11.3 Å². The average molecular weight is 446 g/mol. The largest absolute Gasteiger partial charge is 0.370 e. The van der Waals surface area contributed by atoms with Crippen molar-refractivity contribution in [3.63, 3.8) is 0 Å². The topological polar surface area (TPSA) is 72.0 Å². The number of amides is 2. The first-order valence-electron chi connectivity index (χ1n) is 10.5. The SMILES string of the molecule is O=C1CO[C@H]2CCN(C(=O)N3CC(OCc4nc(-c5ccc(F)cc5)cs4)C3)C[C@H]2C1. The Balaban J connectivity index is 1.07. The molecule has 3 aliphatic heterocycles. The molecule has 0 aliphatic carbocycles. The van der Waals surface area contributed by atoms with E-state index in [0.717, 1.165) is 22.7 Å². The predicted octanol–water partition coefficient (Wildman–Crippen LogP) is 2.95. The van der Waals surface area contributed by atoms with Gasteiger partial charge in [-0.25, -0.2) is 14.2 Å². The summed E-state index contributed by atoms with van der Waals surface area (Å²) >= 11 is 1.51. The van der Waals surface area contributed by atoms with Crippen molar-refractivity contribution >= 4 is 23.2 Å². The third-order valence-corrected chi connectivity index (χ3v) is 6.96. The molecule has 1 aromatic heterocycles. The molecule has 2 atom stereocenters. The first-order valence-corrected chi connectivity index (χ1v) is 11.4. The number of piperidine rings is 1. The number of hydrogen-bond acceptors (Lipinski definition) is 6. The number of aromatic nitrogens is 1. The maximum atomic E-state index is 13.1. The van der Waals surface area contributed by atoms with Crippen LogP contribution in [0, 0.1) is 11.7 Å². The molecule has 0 radical (unpaired) electrons. The van der Waals surface area contributed by atoms with E-state index in [9.17, 15) is 14.0 Å². The molecule has 0 bridgehead atoms. The highest BCUT2D eigenvalue weighted by Gasteiger charge is 2.40. The van der Waals surface area contributed by atoms with Crippen LogP contribution in [0.1, 0.15) is 17.8 Å². The normalized spacial score (nSPS) is 24.1. The third kappa shape index (κ3) is 4.49. The highest BCUT2D eigenvalue weighted by atomic mass is 32.1. The zero-order valence-corrected chi connectivity index (χ0v) is 17.9. The Kier molecular flexibility index (Phi) is 5.73. The number of likely N-dealkylation sites (tertiary alicyclic amines) is 2. The maximum Gasteiger partial charge on any atom is 0.320 e. The number of ether oxygens (including phenoxy) is 2. The number of halogens is 1. The van der Waals surface area contributed by atoms with E-state index < -0.39 is 0 Å². The lowest BCUT2D eigenvalue weighted by atomic mass is 9.88. The summed E-state index contributed by atoms with van der Waals surface area (Å²) in [5, 5.41) is 2.79. The average Bonchev–Trinajstić information content (AvgIpc) is 3.21. The van der Waals surface area contributed by atoms with Crippen LogP contribution in [0.2, 0.25) is 0 Å². The van der Waals surface area contributed by atoms with Crippen LogP contribution in [0.25, 0.3) is 11.3 Å². The molecule has 3 fully saturated rings. The van der Waals surface area contributed by atoms with Crippen LogP contribution < -0.4 is 0 Å². The second-order valence-corrected chi connectivity index (χ2v) is 9.28. The number of Topliss-reactive ketones (excluding diaryl/α,β-unsaturated/α-hetero) is 1. The number of fused-ring (bicyclic) bond motifs is 1. The third-order valence-electron chi connectivity index (χ3n) is 6.14. The molecule has 0 N–H and O–H groups in total. The van der Waals surface area contributed by atoms with Crippen molar-refractivity contribution in [2.45, 2.75) is 31.7 Å². The summed E-state index contributed by atoms with van der Waals surface area (Å²) in [5.74, 6) is -0.0261. The predicted molar refractivity (Wildman–Crippen MR) is 112 cm³/mol. The van der Waals surface area contributed by atoms with E-state index in [0.29, 0.717) is 39.2 Å². The Bertz CT molecular complexity index is 960. The molecule has 3 aliphatic rings. The van der Waals surface area contributed by atoms with Crippen LogP contribution in [0.4, 0.5) is 9.18 Å². The van der Waals surface area contributed by atoms with Gasteiger partial charge in [0.05, 0.1) is 37.6 Å². The number of hydrogen-bond donors (Lipinski definition) is 0. The second-order valence-electron chi connectivity index (χ2n) is 8.34. The fraction of sp³-hybridized carbons (Fsp3) is 0.500. The van der Waals surface area contributed by atoms with Gasteiger partial charge in [0.2, 0.25) is 0 Å². The molecule has 9 heteroatoms. The number of carbonyl (C=O) groups is 2. The molecule has 5 rings (SSSR count). The maximum absolute atomic E-state index is 13.1. The molecule has 2 amide bonds. The molecule has 31 heavy (non-hydrogen) atoms. The summed E-state index contributed by atoms with van der Waals surface area (Å²) in [6.07, 6.45) is 1.40. The number of thiazole rings is 1. The van der Waals surface area contributed by atoms with Gasteiger partial charge in [0.1, 0.15) is 17.4 Å².